The molecule has 2 rings (SSSR count). The van der Waals surface area contributed by atoms with Crippen molar-refractivity contribution in [3.8, 4) is 0 Å². The molecule has 0 radical (unpaired) electrons. The van der Waals surface area contributed by atoms with Gasteiger partial charge < -0.3 is 15.5 Å². The first-order chi connectivity index (χ1) is 9.15. The zero-order chi connectivity index (χ0) is 13.8. The molecule has 1 aliphatic heterocycles. The molecular weight excluding hydrogens is 248 g/mol. The summed E-state index contributed by atoms with van der Waals surface area (Å²) in [6, 6.07) is 2.80. The van der Waals surface area contributed by atoms with E-state index >= 15 is 0 Å². The Kier molecular flexibility index (Phi) is 4.71. The van der Waals surface area contributed by atoms with Gasteiger partial charge >= 0.3 is 0 Å². The molecule has 0 unspecified atom stereocenters. The molecule has 2 N–H and O–H groups in total. The third-order valence-corrected chi connectivity index (χ3v) is 3.65. The molecule has 1 aromatic carbocycles. The fourth-order valence-electron chi connectivity index (χ4n) is 2.52. The Morgan fingerprint density at radius 3 is 2.16 bits per heavy atom. The van der Waals surface area contributed by atoms with Crippen molar-refractivity contribution in [2.45, 2.75) is 13.3 Å². The van der Waals surface area contributed by atoms with Gasteiger partial charge in [0.05, 0.1) is 0 Å². The number of hydrogen-bond acceptors (Lipinski definition) is 3. The summed E-state index contributed by atoms with van der Waals surface area (Å²) in [5.41, 5.74) is 6.14. The number of nitrogens with zero attached hydrogens (tertiary/aromatic N) is 2. The van der Waals surface area contributed by atoms with Crippen molar-refractivity contribution in [1.82, 2.24) is 4.90 Å². The number of hydrogen-bond donors (Lipinski definition) is 1. The molecule has 1 saturated heterocycles. The molecule has 0 aromatic heterocycles. The molecule has 5 heteroatoms. The van der Waals surface area contributed by atoms with E-state index in [1.165, 1.54) is 12.1 Å². The number of anilines is 1. The van der Waals surface area contributed by atoms with Crippen LogP contribution in [0.2, 0.25) is 0 Å². The van der Waals surface area contributed by atoms with Crippen molar-refractivity contribution >= 4 is 5.69 Å². The summed E-state index contributed by atoms with van der Waals surface area (Å²) in [7, 11) is 0. The van der Waals surface area contributed by atoms with Gasteiger partial charge in [-0.05, 0) is 37.2 Å². The number of likely N-dealkylation sites (N-methyl/N-ethyl adjacent to an activating group) is 1. The molecular formula is C14H21F2N3. The summed E-state index contributed by atoms with van der Waals surface area (Å²) in [6.45, 7) is 6.50. The molecule has 0 aliphatic carbocycles. The highest BCUT2D eigenvalue weighted by Crippen LogP contribution is 2.26. The summed E-state index contributed by atoms with van der Waals surface area (Å²) in [5, 5.41) is 0. The van der Waals surface area contributed by atoms with Gasteiger partial charge in [-0.2, -0.15) is 0 Å². The molecule has 1 heterocycles. The molecule has 1 fully saturated rings. The minimum atomic E-state index is -0.478. The number of benzene rings is 1. The summed E-state index contributed by atoms with van der Waals surface area (Å²) < 4.78 is 28.1. The van der Waals surface area contributed by atoms with Crippen LogP contribution in [0.1, 0.15) is 12.5 Å². The Bertz CT molecular complexity index is 406. The lowest BCUT2D eigenvalue weighted by molar-refractivity contribution is 0.269. The highest BCUT2D eigenvalue weighted by atomic mass is 19.1. The van der Waals surface area contributed by atoms with E-state index in [0.29, 0.717) is 31.6 Å². The third-order valence-electron chi connectivity index (χ3n) is 3.65. The second-order valence-electron chi connectivity index (χ2n) is 4.87. The number of nitrogens with two attached hydrogens (primary N) is 1. The smallest absolute Gasteiger partial charge is 0.149 e. The summed E-state index contributed by atoms with van der Waals surface area (Å²) >= 11 is 0. The largest absolute Gasteiger partial charge is 0.364 e. The van der Waals surface area contributed by atoms with Gasteiger partial charge in [0.2, 0.25) is 0 Å². The van der Waals surface area contributed by atoms with Gasteiger partial charge in [-0.15, -0.1) is 0 Å². The normalized spacial score (nSPS) is 16.9. The Morgan fingerprint density at radius 1 is 1.11 bits per heavy atom. The van der Waals surface area contributed by atoms with E-state index in [9.17, 15) is 8.78 Å². The summed E-state index contributed by atoms with van der Waals surface area (Å²) in [6.07, 6.45) is 0.498. The Hall–Kier alpha value is -1.20. The maximum atomic E-state index is 14.1. The van der Waals surface area contributed by atoms with Crippen LogP contribution in [-0.2, 0) is 6.42 Å². The second kappa shape index (κ2) is 6.30. The van der Waals surface area contributed by atoms with Crippen LogP contribution in [-0.4, -0.2) is 44.2 Å². The van der Waals surface area contributed by atoms with Crippen molar-refractivity contribution in [3.05, 3.63) is 29.3 Å². The predicted molar refractivity (Wildman–Crippen MR) is 73.4 cm³/mol. The van der Waals surface area contributed by atoms with E-state index in [0.717, 1.165) is 19.6 Å². The topological polar surface area (TPSA) is 32.5 Å². The number of halogens is 2. The average Bonchev–Trinajstić information content (AvgIpc) is 2.39. The molecule has 0 spiro atoms. The van der Waals surface area contributed by atoms with Crippen molar-refractivity contribution in [3.63, 3.8) is 0 Å². The first-order valence-electron chi connectivity index (χ1n) is 6.81. The van der Waals surface area contributed by atoms with Gasteiger partial charge in [0.25, 0.3) is 0 Å². The van der Waals surface area contributed by atoms with Crippen LogP contribution >= 0.6 is 0 Å². The predicted octanol–water partition coefficient (Wildman–Crippen LogP) is 1.61. The fraction of sp³-hybridized carbons (Fsp3) is 0.571. The van der Waals surface area contributed by atoms with Gasteiger partial charge in [-0.1, -0.05) is 6.92 Å². The molecule has 0 bridgehead atoms. The number of piperazine rings is 1. The minimum Gasteiger partial charge on any atom is -0.364 e. The Labute approximate surface area is 113 Å². The molecule has 0 amide bonds. The van der Waals surface area contributed by atoms with E-state index in [1.54, 1.807) is 4.90 Å². The lowest BCUT2D eigenvalue weighted by Crippen LogP contribution is -2.46. The zero-order valence-electron chi connectivity index (χ0n) is 11.3. The van der Waals surface area contributed by atoms with Gasteiger partial charge in [-0.3, -0.25) is 0 Å². The lowest BCUT2D eigenvalue weighted by atomic mass is 10.1. The fourth-order valence-corrected chi connectivity index (χ4v) is 2.52. The molecule has 0 atom stereocenters. The SMILES string of the molecule is CCN1CCN(c2c(F)cc(CCN)cc2F)CC1. The van der Waals surface area contributed by atoms with Crippen LogP contribution in [0, 0.1) is 11.6 Å². The first-order valence-corrected chi connectivity index (χ1v) is 6.81. The monoisotopic (exact) mass is 269 g/mol. The zero-order valence-corrected chi connectivity index (χ0v) is 11.3. The molecule has 106 valence electrons. The van der Waals surface area contributed by atoms with E-state index in [2.05, 4.69) is 11.8 Å². The number of rotatable bonds is 4. The Morgan fingerprint density at radius 2 is 1.68 bits per heavy atom. The molecule has 19 heavy (non-hydrogen) atoms. The van der Waals surface area contributed by atoms with Gasteiger partial charge in [-0.25, -0.2) is 8.78 Å². The van der Waals surface area contributed by atoms with Crippen molar-refractivity contribution in [2.75, 3.05) is 44.2 Å². The molecule has 3 nitrogen and oxygen atoms in total. The van der Waals surface area contributed by atoms with E-state index < -0.39 is 11.6 Å². The van der Waals surface area contributed by atoms with Crippen LogP contribution in [0.4, 0.5) is 14.5 Å². The van der Waals surface area contributed by atoms with Crippen molar-refractivity contribution in [2.24, 2.45) is 5.73 Å². The van der Waals surface area contributed by atoms with E-state index in [1.807, 2.05) is 0 Å². The third kappa shape index (κ3) is 3.22. The van der Waals surface area contributed by atoms with Crippen LogP contribution in [0.3, 0.4) is 0 Å². The standard InChI is InChI=1S/C14H21F2N3/c1-2-18-5-7-19(8-6-18)14-12(15)9-11(3-4-17)10-13(14)16/h9-10H,2-8,17H2,1H3. The van der Waals surface area contributed by atoms with Gasteiger partial charge in [0.15, 0.2) is 0 Å². The van der Waals surface area contributed by atoms with Crippen molar-refractivity contribution < 1.29 is 8.78 Å². The van der Waals surface area contributed by atoms with Gasteiger partial charge in [0, 0.05) is 26.2 Å². The average molecular weight is 269 g/mol. The minimum absolute atomic E-state index is 0.108. The lowest BCUT2D eigenvalue weighted by Gasteiger charge is -2.35. The van der Waals surface area contributed by atoms with Crippen LogP contribution in [0.15, 0.2) is 12.1 Å². The molecule has 1 aromatic rings. The summed E-state index contributed by atoms with van der Waals surface area (Å²) in [5.74, 6) is -0.957. The molecule has 0 saturated carbocycles. The van der Waals surface area contributed by atoms with Crippen LogP contribution < -0.4 is 10.6 Å². The van der Waals surface area contributed by atoms with Crippen LogP contribution in [0.5, 0.6) is 0 Å². The quantitative estimate of drug-likeness (QED) is 0.901. The maximum Gasteiger partial charge on any atom is 0.149 e. The first kappa shape index (κ1) is 14.2. The van der Waals surface area contributed by atoms with Gasteiger partial charge in [0.1, 0.15) is 17.3 Å². The maximum absolute atomic E-state index is 14.1. The molecule has 1 aliphatic rings. The highest BCUT2D eigenvalue weighted by molar-refractivity contribution is 5.51. The van der Waals surface area contributed by atoms with Crippen LogP contribution in [0.25, 0.3) is 0 Å². The summed E-state index contributed by atoms with van der Waals surface area (Å²) in [4.78, 5) is 4.07. The Balaban J connectivity index is 2.16. The highest BCUT2D eigenvalue weighted by Gasteiger charge is 2.22. The van der Waals surface area contributed by atoms with Crippen molar-refractivity contribution in [1.29, 1.82) is 0 Å². The van der Waals surface area contributed by atoms with E-state index in [-0.39, 0.29) is 5.69 Å². The second-order valence-corrected chi connectivity index (χ2v) is 4.87. The van der Waals surface area contributed by atoms with E-state index in [4.69, 9.17) is 5.73 Å².